The van der Waals surface area contributed by atoms with Crippen molar-refractivity contribution in [1.29, 1.82) is 0 Å². The molecule has 7 heteroatoms. The molecular formula is C21H24FN5O. The summed E-state index contributed by atoms with van der Waals surface area (Å²) in [5, 5.41) is 15.3. The van der Waals surface area contributed by atoms with Gasteiger partial charge in [-0.1, -0.05) is 50.2 Å². The Hall–Kier alpha value is -3.09. The number of rotatable bonds is 6. The molecule has 0 bridgehead atoms. The normalized spacial score (nSPS) is 13.4. The Morgan fingerprint density at radius 2 is 1.57 bits per heavy atom. The minimum absolute atomic E-state index is 0.240. The Kier molecular flexibility index (Phi) is 5.82. The molecule has 0 saturated heterocycles. The van der Waals surface area contributed by atoms with Gasteiger partial charge in [-0.2, -0.15) is 4.80 Å². The van der Waals surface area contributed by atoms with Crippen molar-refractivity contribution in [2.45, 2.75) is 45.7 Å². The lowest BCUT2D eigenvalue weighted by Crippen LogP contribution is -2.34. The maximum absolute atomic E-state index is 13.1. The van der Waals surface area contributed by atoms with E-state index in [-0.39, 0.29) is 17.8 Å². The van der Waals surface area contributed by atoms with Gasteiger partial charge in [0.2, 0.25) is 11.7 Å². The van der Waals surface area contributed by atoms with Crippen LogP contribution in [0, 0.1) is 5.82 Å². The fraction of sp³-hybridized carbons (Fsp3) is 0.333. The quantitative estimate of drug-likeness (QED) is 0.699. The first kappa shape index (κ1) is 19.7. The number of carbonyl (C=O) groups excluding carboxylic acids is 1. The summed E-state index contributed by atoms with van der Waals surface area (Å²) in [6.07, 6.45) is 0. The highest BCUT2D eigenvalue weighted by atomic mass is 19.1. The van der Waals surface area contributed by atoms with Gasteiger partial charge in [-0.25, -0.2) is 4.39 Å². The van der Waals surface area contributed by atoms with Gasteiger partial charge in [0.05, 0.1) is 6.04 Å². The van der Waals surface area contributed by atoms with Crippen molar-refractivity contribution in [2.75, 3.05) is 0 Å². The molecule has 3 aromatic rings. The van der Waals surface area contributed by atoms with Gasteiger partial charge in [0.15, 0.2) is 0 Å². The fourth-order valence-corrected chi connectivity index (χ4v) is 2.80. The molecule has 1 N–H and O–H groups in total. The van der Waals surface area contributed by atoms with Crippen LogP contribution < -0.4 is 5.32 Å². The van der Waals surface area contributed by atoms with E-state index < -0.39 is 6.04 Å². The first-order chi connectivity index (χ1) is 13.3. The average Bonchev–Trinajstić information content (AvgIpc) is 3.18. The SMILES string of the molecule is CC(C)c1ccc(-c2nnn([C@@H](C)C(=O)N[C@@H](C)c3ccc(F)cc3)n2)cc1. The Balaban J connectivity index is 1.68. The second kappa shape index (κ2) is 8.29. The van der Waals surface area contributed by atoms with Crippen molar-refractivity contribution in [3.8, 4) is 11.4 Å². The van der Waals surface area contributed by atoms with Gasteiger partial charge >= 0.3 is 0 Å². The van der Waals surface area contributed by atoms with E-state index in [2.05, 4.69) is 34.6 Å². The molecule has 0 fully saturated rings. The van der Waals surface area contributed by atoms with Crippen LogP contribution >= 0.6 is 0 Å². The average molecular weight is 381 g/mol. The number of nitrogens with one attached hydrogen (secondary N) is 1. The van der Waals surface area contributed by atoms with Crippen molar-refractivity contribution in [1.82, 2.24) is 25.5 Å². The first-order valence-electron chi connectivity index (χ1n) is 9.31. The van der Waals surface area contributed by atoms with E-state index in [1.165, 1.54) is 22.5 Å². The molecule has 2 aromatic carbocycles. The molecular weight excluding hydrogens is 357 g/mol. The number of hydrogen-bond donors (Lipinski definition) is 1. The number of aromatic nitrogens is 4. The summed E-state index contributed by atoms with van der Waals surface area (Å²) >= 11 is 0. The molecule has 0 aliphatic rings. The van der Waals surface area contributed by atoms with Crippen LogP contribution in [0.25, 0.3) is 11.4 Å². The van der Waals surface area contributed by atoms with Crippen molar-refractivity contribution >= 4 is 5.91 Å². The standard InChI is InChI=1S/C21H24FN5O/c1-13(2)16-5-7-18(8-6-16)20-24-26-27(25-20)15(4)21(28)23-14(3)17-9-11-19(22)12-10-17/h5-15H,1-4H3,(H,23,28)/t14-,15-/m0/s1. The van der Waals surface area contributed by atoms with Gasteiger partial charge < -0.3 is 5.32 Å². The van der Waals surface area contributed by atoms with E-state index in [1.807, 2.05) is 31.2 Å². The molecule has 28 heavy (non-hydrogen) atoms. The lowest BCUT2D eigenvalue weighted by atomic mass is 10.0. The zero-order valence-corrected chi connectivity index (χ0v) is 16.4. The summed E-state index contributed by atoms with van der Waals surface area (Å²) in [6.45, 7) is 7.82. The number of tetrazole rings is 1. The highest BCUT2D eigenvalue weighted by Crippen LogP contribution is 2.20. The van der Waals surface area contributed by atoms with E-state index in [4.69, 9.17) is 0 Å². The molecule has 0 saturated carbocycles. The number of amides is 1. The maximum atomic E-state index is 13.1. The second-order valence-electron chi connectivity index (χ2n) is 7.17. The lowest BCUT2D eigenvalue weighted by Gasteiger charge is -2.17. The second-order valence-corrected chi connectivity index (χ2v) is 7.17. The summed E-state index contributed by atoms with van der Waals surface area (Å²) in [6, 6.07) is 13.2. The van der Waals surface area contributed by atoms with Crippen LogP contribution in [-0.4, -0.2) is 26.1 Å². The van der Waals surface area contributed by atoms with Gasteiger partial charge in [-0.15, -0.1) is 10.2 Å². The van der Waals surface area contributed by atoms with Crippen LogP contribution in [0.3, 0.4) is 0 Å². The Morgan fingerprint density at radius 3 is 2.18 bits per heavy atom. The van der Waals surface area contributed by atoms with Crippen LogP contribution in [0.15, 0.2) is 48.5 Å². The van der Waals surface area contributed by atoms with Gasteiger partial charge in [0.25, 0.3) is 0 Å². The van der Waals surface area contributed by atoms with Crippen molar-refractivity contribution in [2.24, 2.45) is 0 Å². The van der Waals surface area contributed by atoms with Gasteiger partial charge in [-0.3, -0.25) is 4.79 Å². The minimum atomic E-state index is -0.626. The van der Waals surface area contributed by atoms with Crippen molar-refractivity contribution < 1.29 is 9.18 Å². The number of halogens is 1. The molecule has 0 unspecified atom stereocenters. The Bertz CT molecular complexity index is 934. The number of hydrogen-bond acceptors (Lipinski definition) is 4. The molecule has 0 spiro atoms. The number of carbonyl (C=O) groups is 1. The molecule has 0 radical (unpaired) electrons. The van der Waals surface area contributed by atoms with E-state index in [9.17, 15) is 9.18 Å². The molecule has 0 aliphatic carbocycles. The maximum Gasteiger partial charge on any atom is 0.246 e. The molecule has 0 aliphatic heterocycles. The highest BCUT2D eigenvalue weighted by Gasteiger charge is 2.21. The highest BCUT2D eigenvalue weighted by molar-refractivity contribution is 5.80. The topological polar surface area (TPSA) is 72.7 Å². The molecule has 1 aromatic heterocycles. The summed E-state index contributed by atoms with van der Waals surface area (Å²) in [4.78, 5) is 13.8. The minimum Gasteiger partial charge on any atom is -0.348 e. The molecule has 6 nitrogen and oxygen atoms in total. The molecule has 2 atom stereocenters. The number of nitrogens with zero attached hydrogens (tertiary/aromatic N) is 4. The Labute approximate surface area is 163 Å². The van der Waals surface area contributed by atoms with Crippen molar-refractivity contribution in [3.05, 3.63) is 65.5 Å². The summed E-state index contributed by atoms with van der Waals surface area (Å²) in [7, 11) is 0. The largest absolute Gasteiger partial charge is 0.348 e. The third-order valence-corrected chi connectivity index (χ3v) is 4.72. The van der Waals surface area contributed by atoms with E-state index in [1.54, 1.807) is 19.1 Å². The van der Waals surface area contributed by atoms with Gasteiger partial charge in [0, 0.05) is 5.56 Å². The zero-order valence-electron chi connectivity index (χ0n) is 16.4. The zero-order chi connectivity index (χ0) is 20.3. The molecule has 3 rings (SSSR count). The summed E-state index contributed by atoms with van der Waals surface area (Å²) < 4.78 is 13.1. The summed E-state index contributed by atoms with van der Waals surface area (Å²) in [5.41, 5.74) is 2.90. The van der Waals surface area contributed by atoms with Crippen LogP contribution in [-0.2, 0) is 4.79 Å². The lowest BCUT2D eigenvalue weighted by molar-refractivity contribution is -0.125. The van der Waals surface area contributed by atoms with Crippen LogP contribution in [0.5, 0.6) is 0 Å². The van der Waals surface area contributed by atoms with E-state index in [0.29, 0.717) is 11.7 Å². The molecule has 1 amide bonds. The third-order valence-electron chi connectivity index (χ3n) is 4.72. The van der Waals surface area contributed by atoms with Crippen LogP contribution in [0.1, 0.15) is 56.8 Å². The first-order valence-corrected chi connectivity index (χ1v) is 9.31. The number of benzene rings is 2. The molecule has 1 heterocycles. The molecule has 146 valence electrons. The van der Waals surface area contributed by atoms with Crippen molar-refractivity contribution in [3.63, 3.8) is 0 Å². The van der Waals surface area contributed by atoms with E-state index in [0.717, 1.165) is 11.1 Å². The van der Waals surface area contributed by atoms with Crippen LogP contribution in [0.4, 0.5) is 4.39 Å². The predicted octanol–water partition coefficient (Wildman–Crippen LogP) is 4.04. The Morgan fingerprint density at radius 1 is 0.964 bits per heavy atom. The van der Waals surface area contributed by atoms with E-state index >= 15 is 0 Å². The smallest absolute Gasteiger partial charge is 0.246 e. The fourth-order valence-electron chi connectivity index (χ4n) is 2.80. The third kappa shape index (κ3) is 4.42. The van der Waals surface area contributed by atoms with Gasteiger partial charge in [-0.05, 0) is 48.2 Å². The van der Waals surface area contributed by atoms with Gasteiger partial charge in [0.1, 0.15) is 11.9 Å². The van der Waals surface area contributed by atoms with Crippen LogP contribution in [0.2, 0.25) is 0 Å². The monoisotopic (exact) mass is 381 g/mol. The summed E-state index contributed by atoms with van der Waals surface area (Å²) in [5.74, 6) is 0.374. The predicted molar refractivity (Wildman–Crippen MR) is 105 cm³/mol.